The van der Waals surface area contributed by atoms with E-state index in [9.17, 15) is 19.3 Å². The largest absolute Gasteiger partial charge is 0.478 e. The van der Waals surface area contributed by atoms with Crippen LogP contribution >= 0.6 is 0 Å². The molecule has 1 fully saturated rings. The number of carbonyl (C=O) groups is 1. The van der Waals surface area contributed by atoms with Gasteiger partial charge >= 0.3 is 5.97 Å². The van der Waals surface area contributed by atoms with Crippen molar-refractivity contribution in [1.82, 2.24) is 0 Å². The number of halogens is 1. The van der Waals surface area contributed by atoms with Gasteiger partial charge in [-0.25, -0.2) is 9.18 Å². The normalized spacial score (nSPS) is 14.1. The number of carboxylic acid groups (broad SMARTS) is 1. The van der Waals surface area contributed by atoms with E-state index >= 15 is 0 Å². The minimum atomic E-state index is -1.51. The van der Waals surface area contributed by atoms with Gasteiger partial charge in [0.25, 0.3) is 5.69 Å². The van der Waals surface area contributed by atoms with Crippen LogP contribution in [0.25, 0.3) is 0 Å². The van der Waals surface area contributed by atoms with Crippen LogP contribution in [0, 0.1) is 21.8 Å². The van der Waals surface area contributed by atoms with Crippen LogP contribution in [0.5, 0.6) is 0 Å². The predicted molar refractivity (Wildman–Crippen MR) is 70.6 cm³/mol. The minimum Gasteiger partial charge on any atom is -0.478 e. The van der Waals surface area contributed by atoms with Crippen molar-refractivity contribution in [1.29, 1.82) is 0 Å². The summed E-state index contributed by atoms with van der Waals surface area (Å²) in [7, 11) is 0. The molecule has 0 radical (unpaired) electrons. The molecule has 1 aromatic rings. The van der Waals surface area contributed by atoms with Crippen LogP contribution in [-0.2, 0) is 0 Å². The average Bonchev–Trinajstić information content (AvgIpc) is 3.18. The fraction of sp³-hybridized carbons (Fsp3) is 0.462. The van der Waals surface area contributed by atoms with Gasteiger partial charge in [0.1, 0.15) is 17.1 Å². The van der Waals surface area contributed by atoms with Gasteiger partial charge in [-0.1, -0.05) is 0 Å². The van der Waals surface area contributed by atoms with Gasteiger partial charge in [0, 0.05) is 25.2 Å². The SMILES string of the molecule is CCN(CC1CC1)c1cc(F)c(C(=O)O)cc1[N+](=O)[O-]. The molecule has 0 aliphatic heterocycles. The Hall–Kier alpha value is -2.18. The van der Waals surface area contributed by atoms with Crippen LogP contribution in [-0.4, -0.2) is 29.1 Å². The van der Waals surface area contributed by atoms with Crippen molar-refractivity contribution >= 4 is 17.3 Å². The summed E-state index contributed by atoms with van der Waals surface area (Å²) in [5.74, 6) is -1.98. The molecule has 0 unspecified atom stereocenters. The Kier molecular flexibility index (Phi) is 3.87. The first-order valence-corrected chi connectivity index (χ1v) is 6.40. The standard InChI is InChI=1S/C13H15FN2O4/c1-2-15(7-8-3-4-8)11-6-10(14)9(13(17)18)5-12(11)16(19)20/h5-6,8H,2-4,7H2,1H3,(H,17,18). The summed E-state index contributed by atoms with van der Waals surface area (Å²) in [5.41, 5.74) is -0.902. The second kappa shape index (κ2) is 5.44. The van der Waals surface area contributed by atoms with Gasteiger partial charge in [-0.3, -0.25) is 10.1 Å². The van der Waals surface area contributed by atoms with E-state index in [2.05, 4.69) is 0 Å². The summed E-state index contributed by atoms with van der Waals surface area (Å²) in [5, 5.41) is 19.9. The molecule has 2 rings (SSSR count). The van der Waals surface area contributed by atoms with Gasteiger partial charge in [0.05, 0.1) is 4.92 Å². The number of rotatable bonds is 6. The Balaban J connectivity index is 2.46. The van der Waals surface area contributed by atoms with Gasteiger partial charge in [-0.15, -0.1) is 0 Å². The average molecular weight is 282 g/mol. The lowest BCUT2D eigenvalue weighted by atomic mass is 10.1. The lowest BCUT2D eigenvalue weighted by molar-refractivity contribution is -0.384. The maximum atomic E-state index is 13.8. The van der Waals surface area contributed by atoms with Crippen LogP contribution in [0.4, 0.5) is 15.8 Å². The van der Waals surface area contributed by atoms with Gasteiger partial charge in [-0.05, 0) is 25.7 Å². The van der Waals surface area contributed by atoms with E-state index in [1.807, 2.05) is 6.92 Å². The van der Waals surface area contributed by atoms with Crippen LogP contribution in [0.2, 0.25) is 0 Å². The van der Waals surface area contributed by atoms with Gasteiger partial charge in [0.2, 0.25) is 0 Å². The number of carboxylic acids is 1. The van der Waals surface area contributed by atoms with Crippen molar-refractivity contribution in [2.45, 2.75) is 19.8 Å². The maximum absolute atomic E-state index is 13.8. The highest BCUT2D eigenvalue weighted by atomic mass is 19.1. The zero-order valence-electron chi connectivity index (χ0n) is 11.0. The highest BCUT2D eigenvalue weighted by molar-refractivity contribution is 5.90. The van der Waals surface area contributed by atoms with Crippen LogP contribution < -0.4 is 4.90 Å². The number of nitro benzene ring substituents is 1. The fourth-order valence-corrected chi connectivity index (χ4v) is 2.12. The molecule has 108 valence electrons. The molecule has 0 spiro atoms. The molecule has 0 bridgehead atoms. The molecule has 1 aliphatic rings. The zero-order chi connectivity index (χ0) is 14.9. The van der Waals surface area contributed by atoms with Crippen molar-refractivity contribution in [2.24, 2.45) is 5.92 Å². The van der Waals surface area contributed by atoms with E-state index in [-0.39, 0.29) is 11.4 Å². The van der Waals surface area contributed by atoms with Crippen molar-refractivity contribution in [3.63, 3.8) is 0 Å². The van der Waals surface area contributed by atoms with Gasteiger partial charge in [0.15, 0.2) is 0 Å². The molecule has 1 saturated carbocycles. The summed E-state index contributed by atoms with van der Waals surface area (Å²) < 4.78 is 13.8. The molecule has 0 saturated heterocycles. The van der Waals surface area contributed by atoms with Crippen LogP contribution in [0.3, 0.4) is 0 Å². The third-order valence-corrected chi connectivity index (χ3v) is 3.39. The molecule has 7 heteroatoms. The fourth-order valence-electron chi connectivity index (χ4n) is 2.12. The lowest BCUT2D eigenvalue weighted by Crippen LogP contribution is -2.26. The third kappa shape index (κ3) is 2.87. The zero-order valence-corrected chi connectivity index (χ0v) is 11.0. The highest BCUT2D eigenvalue weighted by Gasteiger charge is 2.29. The Bertz CT molecular complexity index is 558. The molecule has 0 heterocycles. The summed E-state index contributed by atoms with van der Waals surface area (Å²) in [6, 6.07) is 1.75. The molecule has 0 amide bonds. The second-order valence-corrected chi connectivity index (χ2v) is 4.87. The number of nitrogens with zero attached hydrogens (tertiary/aromatic N) is 2. The summed E-state index contributed by atoms with van der Waals surface area (Å²) in [4.78, 5) is 23.0. The number of nitro groups is 1. The summed E-state index contributed by atoms with van der Waals surface area (Å²) in [6.07, 6.45) is 2.14. The molecule has 1 aliphatic carbocycles. The molecule has 1 aromatic carbocycles. The van der Waals surface area contributed by atoms with E-state index in [0.717, 1.165) is 25.0 Å². The Morgan fingerprint density at radius 3 is 2.65 bits per heavy atom. The second-order valence-electron chi connectivity index (χ2n) is 4.87. The van der Waals surface area contributed by atoms with E-state index in [1.165, 1.54) is 0 Å². The Labute approximate surface area is 115 Å². The Morgan fingerprint density at radius 1 is 1.55 bits per heavy atom. The highest BCUT2D eigenvalue weighted by Crippen LogP contribution is 2.35. The number of hydrogen-bond donors (Lipinski definition) is 1. The molecule has 0 aromatic heterocycles. The monoisotopic (exact) mass is 282 g/mol. The Morgan fingerprint density at radius 2 is 2.20 bits per heavy atom. The lowest BCUT2D eigenvalue weighted by Gasteiger charge is -2.23. The molecule has 20 heavy (non-hydrogen) atoms. The molecular weight excluding hydrogens is 267 g/mol. The van der Waals surface area contributed by atoms with E-state index in [0.29, 0.717) is 19.0 Å². The first kappa shape index (κ1) is 14.2. The molecule has 1 N–H and O–H groups in total. The van der Waals surface area contributed by atoms with Crippen molar-refractivity contribution in [3.05, 3.63) is 33.6 Å². The van der Waals surface area contributed by atoms with Gasteiger partial charge in [-0.2, -0.15) is 0 Å². The summed E-state index contributed by atoms with van der Waals surface area (Å²) >= 11 is 0. The van der Waals surface area contributed by atoms with E-state index in [4.69, 9.17) is 5.11 Å². The first-order valence-electron chi connectivity index (χ1n) is 6.40. The first-order chi connectivity index (χ1) is 9.43. The number of hydrogen-bond acceptors (Lipinski definition) is 4. The smallest absolute Gasteiger partial charge is 0.338 e. The predicted octanol–water partition coefficient (Wildman–Crippen LogP) is 2.67. The van der Waals surface area contributed by atoms with Crippen molar-refractivity contribution in [3.8, 4) is 0 Å². The molecule has 0 atom stereocenters. The van der Waals surface area contributed by atoms with Crippen LogP contribution in [0.1, 0.15) is 30.1 Å². The number of anilines is 1. The minimum absolute atomic E-state index is 0.145. The third-order valence-electron chi connectivity index (χ3n) is 3.39. The number of benzene rings is 1. The van der Waals surface area contributed by atoms with Crippen LogP contribution in [0.15, 0.2) is 12.1 Å². The van der Waals surface area contributed by atoms with E-state index in [1.54, 1.807) is 4.90 Å². The van der Waals surface area contributed by atoms with E-state index < -0.39 is 22.3 Å². The molecular formula is C13H15FN2O4. The number of aromatic carboxylic acids is 1. The van der Waals surface area contributed by atoms with Crippen molar-refractivity contribution < 1.29 is 19.2 Å². The maximum Gasteiger partial charge on any atom is 0.338 e. The van der Waals surface area contributed by atoms with Crippen molar-refractivity contribution in [2.75, 3.05) is 18.0 Å². The molecule has 6 nitrogen and oxygen atoms in total. The quantitative estimate of drug-likeness (QED) is 0.640. The topological polar surface area (TPSA) is 83.7 Å². The van der Waals surface area contributed by atoms with Gasteiger partial charge < -0.3 is 10.0 Å². The summed E-state index contributed by atoms with van der Waals surface area (Å²) in [6.45, 7) is 2.96.